The summed E-state index contributed by atoms with van der Waals surface area (Å²) in [6.07, 6.45) is 6.87. The molecule has 0 radical (unpaired) electrons. The van der Waals surface area contributed by atoms with E-state index in [1.54, 1.807) is 0 Å². The normalized spacial score (nSPS) is 11.6. The van der Waals surface area contributed by atoms with E-state index in [9.17, 15) is 28.8 Å². The third-order valence-corrected chi connectivity index (χ3v) is 10.7. The smallest absolute Gasteiger partial charge is 0.462 e. The van der Waals surface area contributed by atoms with E-state index < -0.39 is 60.4 Å². The van der Waals surface area contributed by atoms with Crippen LogP contribution < -0.4 is 0 Å². The second kappa shape index (κ2) is 29.6. The number of hydrogen-bond acceptors (Lipinski definition) is 16. The van der Waals surface area contributed by atoms with E-state index in [0.717, 1.165) is 36.5 Å². The number of ether oxygens (including phenoxy) is 6. The zero-order valence-corrected chi connectivity index (χ0v) is 35.8. The zero-order valence-electron chi connectivity index (χ0n) is 34.9. The lowest BCUT2D eigenvalue weighted by Crippen LogP contribution is -2.42. The van der Waals surface area contributed by atoms with Crippen LogP contribution in [0.5, 0.6) is 0 Å². The first-order valence-corrected chi connectivity index (χ1v) is 21.0. The molecule has 0 atom stereocenters. The Morgan fingerprint density at radius 2 is 0.542 bits per heavy atom. The molecular weight excluding hydrogens is 791 g/mol. The maximum atomic E-state index is 16.0. The molecule has 0 fully saturated rings. The van der Waals surface area contributed by atoms with Gasteiger partial charge < -0.3 is 28.4 Å². The molecule has 0 saturated carbocycles. The third kappa shape index (κ3) is 22.4. The molecule has 0 bridgehead atoms. The van der Waals surface area contributed by atoms with Gasteiger partial charge >= 0.3 is 43.6 Å². The van der Waals surface area contributed by atoms with Gasteiger partial charge in [-0.3, -0.25) is 13.6 Å². The van der Waals surface area contributed by atoms with Crippen molar-refractivity contribution in [2.75, 3.05) is 39.6 Å². The Kier molecular flexibility index (Phi) is 27.2. The summed E-state index contributed by atoms with van der Waals surface area (Å²) in [5.74, 6) is -4.42. The summed E-state index contributed by atoms with van der Waals surface area (Å²) in [6.45, 7) is 24.5. The van der Waals surface area contributed by atoms with E-state index in [0.29, 0.717) is 19.3 Å². The first-order chi connectivity index (χ1) is 28.0. The van der Waals surface area contributed by atoms with Crippen molar-refractivity contribution in [2.24, 2.45) is 0 Å². The Morgan fingerprint density at radius 1 is 0.373 bits per heavy atom. The van der Waals surface area contributed by atoms with Crippen molar-refractivity contribution in [3.8, 4) is 0 Å². The van der Waals surface area contributed by atoms with E-state index in [1.165, 1.54) is 0 Å². The summed E-state index contributed by atoms with van der Waals surface area (Å²) >= 11 is 0. The van der Waals surface area contributed by atoms with Crippen molar-refractivity contribution in [3.63, 3.8) is 0 Å². The van der Waals surface area contributed by atoms with Gasteiger partial charge in [-0.25, -0.2) is 33.3 Å². The van der Waals surface area contributed by atoms with Gasteiger partial charge in [0.2, 0.25) is 0 Å². The van der Waals surface area contributed by atoms with Crippen LogP contribution in [-0.2, 0) is 75.3 Å². The van der Waals surface area contributed by atoms with Gasteiger partial charge in [-0.05, 0) is 19.3 Å². The molecule has 16 nitrogen and oxygen atoms in total. The maximum absolute atomic E-state index is 16.0. The van der Waals surface area contributed by atoms with Gasteiger partial charge in [-0.1, -0.05) is 79.5 Å². The summed E-state index contributed by atoms with van der Waals surface area (Å²) in [4.78, 5) is 72.9. The van der Waals surface area contributed by atoms with Crippen LogP contribution in [0.25, 0.3) is 0 Å². The standard InChI is InChI=1S/C42H63O16P/c1-10-19-40(22-28-50-34(43)13-4,23-29-51-35(44)14-5)56-59(49,57-41(20-11-2,24-30-52-36(45)15-6)25-31-53-37(46)16-7)58-42(21-12-3,26-32-54-38(47)17-8)27-33-55-39(48)18-9/h13-18H,4-12,19-33H2,1-3H3. The Bertz CT molecular complexity index is 1230. The predicted molar refractivity (Wildman–Crippen MR) is 218 cm³/mol. The van der Waals surface area contributed by atoms with Crippen LogP contribution in [0.1, 0.15) is 97.8 Å². The lowest BCUT2D eigenvalue weighted by atomic mass is 9.91. The van der Waals surface area contributed by atoms with E-state index in [4.69, 9.17) is 42.0 Å². The van der Waals surface area contributed by atoms with Crippen LogP contribution in [0.15, 0.2) is 75.9 Å². The van der Waals surface area contributed by atoms with Crippen LogP contribution >= 0.6 is 7.82 Å². The average Bonchev–Trinajstić information content (AvgIpc) is 3.20. The molecule has 0 saturated heterocycles. The second-order valence-electron chi connectivity index (χ2n) is 13.2. The fraction of sp³-hybridized carbons (Fsp3) is 0.571. The molecule has 0 aliphatic rings. The van der Waals surface area contributed by atoms with Gasteiger partial charge in [-0.2, -0.15) is 0 Å². The fourth-order valence-corrected chi connectivity index (χ4v) is 8.41. The highest BCUT2D eigenvalue weighted by Crippen LogP contribution is 2.62. The van der Waals surface area contributed by atoms with Crippen LogP contribution in [0, 0.1) is 0 Å². The number of hydrogen-bond donors (Lipinski definition) is 0. The lowest BCUT2D eigenvalue weighted by Gasteiger charge is -2.44. The molecule has 0 aromatic heterocycles. The van der Waals surface area contributed by atoms with Crippen molar-refractivity contribution in [2.45, 2.75) is 115 Å². The first kappa shape index (κ1) is 54.4. The largest absolute Gasteiger partial charge is 0.476 e. The van der Waals surface area contributed by atoms with Gasteiger partial charge in [0, 0.05) is 75.0 Å². The van der Waals surface area contributed by atoms with E-state index >= 15 is 4.57 Å². The molecule has 0 spiro atoms. The molecule has 0 aliphatic heterocycles. The number of carbonyl (C=O) groups excluding carboxylic acids is 6. The highest BCUT2D eigenvalue weighted by atomic mass is 31.2. The number of rotatable bonds is 36. The highest BCUT2D eigenvalue weighted by molar-refractivity contribution is 7.48. The maximum Gasteiger partial charge on any atom is 0.476 e. The zero-order chi connectivity index (χ0) is 44.8. The minimum atomic E-state index is -5.06. The molecule has 17 heteroatoms. The monoisotopic (exact) mass is 854 g/mol. The molecule has 0 aliphatic carbocycles. The molecule has 0 heterocycles. The van der Waals surface area contributed by atoms with Crippen LogP contribution in [0.3, 0.4) is 0 Å². The van der Waals surface area contributed by atoms with Gasteiger partial charge in [0.05, 0.1) is 56.4 Å². The van der Waals surface area contributed by atoms with Gasteiger partial charge in [-0.15, -0.1) is 0 Å². The van der Waals surface area contributed by atoms with Crippen LogP contribution in [-0.4, -0.2) is 92.3 Å². The molecule has 59 heavy (non-hydrogen) atoms. The van der Waals surface area contributed by atoms with Crippen LogP contribution in [0.4, 0.5) is 0 Å². The average molecular weight is 855 g/mol. The Morgan fingerprint density at radius 3 is 0.678 bits per heavy atom. The van der Waals surface area contributed by atoms with Crippen molar-refractivity contribution in [1.29, 1.82) is 0 Å². The molecule has 0 aromatic rings. The molecule has 0 rings (SSSR count). The van der Waals surface area contributed by atoms with Crippen molar-refractivity contribution in [3.05, 3.63) is 75.9 Å². The molecule has 0 aromatic carbocycles. The first-order valence-electron chi connectivity index (χ1n) is 19.5. The summed E-state index contributed by atoms with van der Waals surface area (Å²) < 4.78 is 68.0. The van der Waals surface area contributed by atoms with Crippen molar-refractivity contribution in [1.82, 2.24) is 0 Å². The third-order valence-electron chi connectivity index (χ3n) is 8.85. The SMILES string of the molecule is C=CC(=O)OCCC(CCC)(CCOC(=O)C=C)OP(=O)(OC(CCC)(CCOC(=O)C=C)CCOC(=O)C=C)OC(CCC)(CCOC(=O)C=C)CCOC(=O)C=C. The molecule has 0 amide bonds. The second-order valence-corrected chi connectivity index (χ2v) is 14.7. The number of phosphoric ester groups is 1. The molecule has 0 N–H and O–H groups in total. The minimum Gasteiger partial charge on any atom is -0.462 e. The number of phosphoric acid groups is 1. The minimum absolute atomic E-state index is 0.105. The van der Waals surface area contributed by atoms with Gasteiger partial charge in [0.25, 0.3) is 0 Å². The van der Waals surface area contributed by atoms with Gasteiger partial charge in [0.1, 0.15) is 0 Å². The molecule has 0 unspecified atom stereocenters. The highest BCUT2D eigenvalue weighted by Gasteiger charge is 2.51. The Labute approximate surface area is 348 Å². The Hall–Kier alpha value is -4.63. The molecule has 332 valence electrons. The van der Waals surface area contributed by atoms with Crippen molar-refractivity contribution < 1.29 is 75.3 Å². The van der Waals surface area contributed by atoms with E-state index in [1.807, 2.05) is 20.8 Å². The number of carbonyl (C=O) groups is 6. The molecular formula is C42H63O16P. The summed E-state index contributed by atoms with van der Waals surface area (Å²) in [5.41, 5.74) is -4.63. The van der Waals surface area contributed by atoms with E-state index in [2.05, 4.69) is 39.5 Å². The predicted octanol–water partition coefficient (Wildman–Crippen LogP) is 7.48. The summed E-state index contributed by atoms with van der Waals surface area (Å²) in [7, 11) is -5.06. The van der Waals surface area contributed by atoms with E-state index in [-0.39, 0.29) is 97.4 Å². The summed E-state index contributed by atoms with van der Waals surface area (Å²) in [5, 5.41) is 0. The van der Waals surface area contributed by atoms with Crippen molar-refractivity contribution >= 4 is 43.6 Å². The Balaban J connectivity index is 7.96. The summed E-state index contributed by atoms with van der Waals surface area (Å²) in [6, 6.07) is 0. The quantitative estimate of drug-likeness (QED) is 0.0259. The topological polar surface area (TPSA) is 203 Å². The lowest BCUT2D eigenvalue weighted by molar-refractivity contribution is -0.142. The number of esters is 6. The van der Waals surface area contributed by atoms with Gasteiger partial charge in [0.15, 0.2) is 0 Å². The van der Waals surface area contributed by atoms with Crippen LogP contribution in [0.2, 0.25) is 0 Å². The fourth-order valence-electron chi connectivity index (χ4n) is 6.05.